The van der Waals surface area contributed by atoms with Crippen molar-refractivity contribution in [3.05, 3.63) is 57.1 Å². The molecule has 0 unspecified atom stereocenters. The van der Waals surface area contributed by atoms with Crippen LogP contribution in [0.3, 0.4) is 0 Å². The third-order valence-electron chi connectivity index (χ3n) is 2.59. The van der Waals surface area contributed by atoms with Crippen molar-refractivity contribution in [1.29, 1.82) is 0 Å². The van der Waals surface area contributed by atoms with Crippen LogP contribution in [0, 0.1) is 0 Å². The van der Waals surface area contributed by atoms with Crippen LogP contribution in [-0.4, -0.2) is 16.4 Å². The quantitative estimate of drug-likeness (QED) is 0.608. The molecule has 2 rings (SSSR count). The number of rotatable bonds is 5. The Balaban J connectivity index is 1.88. The lowest BCUT2D eigenvalue weighted by Gasteiger charge is -2.09. The molecule has 0 bridgehead atoms. The molecule has 0 aliphatic carbocycles. The maximum atomic E-state index is 11.4. The summed E-state index contributed by atoms with van der Waals surface area (Å²) in [5.41, 5.74) is 5.77. The van der Waals surface area contributed by atoms with Crippen molar-refractivity contribution >= 4 is 5.69 Å². The highest BCUT2D eigenvalue weighted by molar-refractivity contribution is 5.51. The van der Waals surface area contributed by atoms with Gasteiger partial charge in [-0.2, -0.15) is 0 Å². The predicted molar refractivity (Wildman–Crippen MR) is 72.3 cm³/mol. The molecule has 0 saturated heterocycles. The highest BCUT2D eigenvalue weighted by Gasteiger charge is 2.00. The van der Waals surface area contributed by atoms with Crippen LogP contribution in [0.2, 0.25) is 0 Å². The van der Waals surface area contributed by atoms with Crippen molar-refractivity contribution in [1.82, 2.24) is 9.78 Å². The molecule has 0 aliphatic heterocycles. The molecular weight excluding hydrogens is 246 g/mol. The molecule has 2 aromatic rings. The van der Waals surface area contributed by atoms with Crippen molar-refractivity contribution in [3.63, 3.8) is 0 Å². The average molecular weight is 261 g/mol. The second kappa shape index (κ2) is 5.90. The van der Waals surface area contributed by atoms with Gasteiger partial charge in [0, 0.05) is 25.1 Å². The number of aromatic amines is 1. The van der Waals surface area contributed by atoms with E-state index in [4.69, 9.17) is 10.5 Å². The van der Waals surface area contributed by atoms with Gasteiger partial charge in [0.1, 0.15) is 5.75 Å². The van der Waals surface area contributed by atoms with E-state index in [1.54, 1.807) is 12.1 Å². The maximum absolute atomic E-state index is 11.4. The van der Waals surface area contributed by atoms with Crippen LogP contribution in [0.15, 0.2) is 46.0 Å². The molecule has 0 amide bonds. The second-order valence-corrected chi connectivity index (χ2v) is 4.04. The number of aryl methyl sites for hydroxylation is 1. The number of nitrogens with one attached hydrogen (secondary N) is 1. The molecular formula is C13H15N3O3. The number of H-pyrrole nitrogens is 1. The number of aromatic nitrogens is 2. The van der Waals surface area contributed by atoms with Gasteiger partial charge >= 0.3 is 0 Å². The number of hydrogen-bond acceptors (Lipinski definition) is 4. The summed E-state index contributed by atoms with van der Waals surface area (Å²) in [4.78, 5) is 22.5. The first-order valence-electron chi connectivity index (χ1n) is 5.94. The third kappa shape index (κ3) is 3.48. The SMILES string of the molecule is Nc1ccccc1OCCCn1[nH]c(=O)ccc1=O. The molecule has 0 aliphatic rings. The molecule has 0 radical (unpaired) electrons. The molecule has 0 fully saturated rings. The molecule has 3 N–H and O–H groups in total. The summed E-state index contributed by atoms with van der Waals surface area (Å²) in [5, 5.41) is 2.45. The molecule has 6 heteroatoms. The fraction of sp³-hybridized carbons (Fsp3) is 0.231. The summed E-state index contributed by atoms with van der Waals surface area (Å²) in [6.45, 7) is 0.805. The van der Waals surface area contributed by atoms with Crippen LogP contribution in [-0.2, 0) is 6.54 Å². The van der Waals surface area contributed by atoms with Gasteiger partial charge in [0.15, 0.2) is 0 Å². The first-order chi connectivity index (χ1) is 9.16. The van der Waals surface area contributed by atoms with E-state index in [2.05, 4.69) is 5.10 Å². The summed E-state index contributed by atoms with van der Waals surface area (Å²) in [6, 6.07) is 9.66. The van der Waals surface area contributed by atoms with Gasteiger partial charge in [-0.05, 0) is 12.1 Å². The van der Waals surface area contributed by atoms with Gasteiger partial charge in [0.05, 0.1) is 12.3 Å². The molecule has 0 spiro atoms. The topological polar surface area (TPSA) is 90.1 Å². The lowest BCUT2D eigenvalue weighted by atomic mass is 10.3. The number of ether oxygens (including phenoxy) is 1. The zero-order chi connectivity index (χ0) is 13.7. The Kier molecular flexibility index (Phi) is 4.02. The normalized spacial score (nSPS) is 10.3. The van der Waals surface area contributed by atoms with Crippen LogP contribution < -0.4 is 21.6 Å². The highest BCUT2D eigenvalue weighted by Crippen LogP contribution is 2.19. The minimum Gasteiger partial charge on any atom is -0.491 e. The Morgan fingerprint density at radius 1 is 1.16 bits per heavy atom. The van der Waals surface area contributed by atoms with E-state index >= 15 is 0 Å². The predicted octanol–water partition coefficient (Wildman–Crippen LogP) is 0.588. The smallest absolute Gasteiger partial charge is 0.265 e. The Morgan fingerprint density at radius 2 is 1.95 bits per heavy atom. The fourth-order valence-electron chi connectivity index (χ4n) is 1.65. The minimum atomic E-state index is -0.298. The van der Waals surface area contributed by atoms with E-state index in [1.807, 2.05) is 12.1 Å². The van der Waals surface area contributed by atoms with E-state index in [0.717, 1.165) is 0 Å². The van der Waals surface area contributed by atoms with Crippen molar-refractivity contribution in [3.8, 4) is 5.75 Å². The van der Waals surface area contributed by atoms with E-state index in [-0.39, 0.29) is 11.1 Å². The molecule has 19 heavy (non-hydrogen) atoms. The first kappa shape index (κ1) is 12.9. The van der Waals surface area contributed by atoms with Gasteiger partial charge < -0.3 is 10.5 Å². The summed E-state index contributed by atoms with van der Waals surface area (Å²) >= 11 is 0. The van der Waals surface area contributed by atoms with E-state index < -0.39 is 0 Å². The van der Waals surface area contributed by atoms with E-state index in [0.29, 0.717) is 31.0 Å². The zero-order valence-electron chi connectivity index (χ0n) is 10.3. The molecule has 1 aromatic carbocycles. The lowest BCUT2D eigenvalue weighted by molar-refractivity contribution is 0.298. The van der Waals surface area contributed by atoms with Gasteiger partial charge in [-0.3, -0.25) is 19.4 Å². The maximum Gasteiger partial charge on any atom is 0.265 e. The van der Waals surface area contributed by atoms with Gasteiger partial charge in [-0.1, -0.05) is 12.1 Å². The first-order valence-corrected chi connectivity index (χ1v) is 5.94. The van der Waals surface area contributed by atoms with Gasteiger partial charge in [0.2, 0.25) is 0 Å². The molecule has 1 heterocycles. The second-order valence-electron chi connectivity index (χ2n) is 4.04. The summed E-state index contributed by atoms with van der Waals surface area (Å²) < 4.78 is 6.76. The molecule has 100 valence electrons. The monoisotopic (exact) mass is 261 g/mol. The summed E-state index contributed by atoms with van der Waals surface area (Å²) in [6.07, 6.45) is 0.591. The highest BCUT2D eigenvalue weighted by atomic mass is 16.5. The Morgan fingerprint density at radius 3 is 2.74 bits per heavy atom. The Hall–Kier alpha value is -2.50. The Bertz CT molecular complexity index is 660. The number of nitrogens with zero attached hydrogens (tertiary/aromatic N) is 1. The van der Waals surface area contributed by atoms with Crippen LogP contribution in [0.4, 0.5) is 5.69 Å². The van der Waals surface area contributed by atoms with Crippen molar-refractivity contribution < 1.29 is 4.74 Å². The third-order valence-corrected chi connectivity index (χ3v) is 2.59. The number of benzene rings is 1. The zero-order valence-corrected chi connectivity index (χ0v) is 10.3. The standard InChI is InChI=1S/C13H15N3O3/c14-10-4-1-2-5-11(10)19-9-3-8-16-13(18)7-6-12(17)15-16/h1-2,4-7H,3,8-9,14H2,(H,15,17). The number of anilines is 1. The lowest BCUT2D eigenvalue weighted by Crippen LogP contribution is -2.28. The number of nitrogens with two attached hydrogens (primary N) is 1. The van der Waals surface area contributed by atoms with E-state index in [1.165, 1.54) is 16.8 Å². The number of nitrogen functional groups attached to an aromatic ring is 1. The van der Waals surface area contributed by atoms with E-state index in [9.17, 15) is 9.59 Å². The fourth-order valence-corrected chi connectivity index (χ4v) is 1.65. The summed E-state index contributed by atoms with van der Waals surface area (Å²) in [5.74, 6) is 0.622. The minimum absolute atomic E-state index is 0.237. The largest absolute Gasteiger partial charge is 0.491 e. The van der Waals surface area contributed by atoms with Gasteiger partial charge in [0.25, 0.3) is 11.1 Å². The van der Waals surface area contributed by atoms with Gasteiger partial charge in [-0.15, -0.1) is 0 Å². The molecule has 0 saturated carbocycles. The van der Waals surface area contributed by atoms with Crippen molar-refractivity contribution in [2.45, 2.75) is 13.0 Å². The van der Waals surface area contributed by atoms with Crippen molar-refractivity contribution in [2.75, 3.05) is 12.3 Å². The van der Waals surface area contributed by atoms with Crippen LogP contribution in [0.1, 0.15) is 6.42 Å². The summed E-state index contributed by atoms with van der Waals surface area (Å²) in [7, 11) is 0. The number of para-hydroxylation sites is 2. The van der Waals surface area contributed by atoms with Crippen LogP contribution in [0.5, 0.6) is 5.75 Å². The molecule has 6 nitrogen and oxygen atoms in total. The van der Waals surface area contributed by atoms with Crippen LogP contribution >= 0.6 is 0 Å². The number of hydrogen-bond donors (Lipinski definition) is 2. The average Bonchev–Trinajstić information content (AvgIpc) is 2.40. The Labute approximate surface area is 109 Å². The molecule has 1 aromatic heterocycles. The van der Waals surface area contributed by atoms with Gasteiger partial charge in [-0.25, -0.2) is 0 Å². The van der Waals surface area contributed by atoms with Crippen LogP contribution in [0.25, 0.3) is 0 Å². The molecule has 0 atom stereocenters. The van der Waals surface area contributed by atoms with Crippen molar-refractivity contribution in [2.24, 2.45) is 0 Å².